The van der Waals surface area contributed by atoms with Crippen LogP contribution in [-0.4, -0.2) is 25.0 Å². The van der Waals surface area contributed by atoms with E-state index in [1.165, 1.54) is 7.11 Å². The maximum atomic E-state index is 12.3. The molecule has 132 valence electrons. The quantitative estimate of drug-likeness (QED) is 0.784. The molecule has 0 fully saturated rings. The molecule has 0 aliphatic heterocycles. The highest BCUT2D eigenvalue weighted by Gasteiger charge is 2.26. The second-order valence-corrected chi connectivity index (χ2v) is 6.19. The molecule has 0 saturated heterocycles. The maximum absolute atomic E-state index is 12.3. The van der Waals surface area contributed by atoms with Crippen molar-refractivity contribution < 1.29 is 14.3 Å². The van der Waals surface area contributed by atoms with Gasteiger partial charge in [0.25, 0.3) is 0 Å². The SMILES string of the molecule is CCC(C)C(NC(=O)Cc1ccc(-c2ccccc2)cc1)C(=O)OC. The van der Waals surface area contributed by atoms with E-state index in [-0.39, 0.29) is 18.2 Å². The highest BCUT2D eigenvalue weighted by atomic mass is 16.5. The summed E-state index contributed by atoms with van der Waals surface area (Å²) in [5.41, 5.74) is 3.16. The normalized spacial score (nSPS) is 12.9. The number of ether oxygens (including phenoxy) is 1. The fourth-order valence-electron chi connectivity index (χ4n) is 2.65. The van der Waals surface area contributed by atoms with Gasteiger partial charge in [0.15, 0.2) is 0 Å². The monoisotopic (exact) mass is 339 g/mol. The average Bonchev–Trinajstić information content (AvgIpc) is 2.66. The number of carbonyl (C=O) groups excluding carboxylic acids is 2. The van der Waals surface area contributed by atoms with Crippen molar-refractivity contribution in [1.29, 1.82) is 0 Å². The van der Waals surface area contributed by atoms with Gasteiger partial charge in [-0.05, 0) is 22.6 Å². The lowest BCUT2D eigenvalue weighted by Gasteiger charge is -2.21. The number of amides is 1. The number of hydrogen-bond donors (Lipinski definition) is 1. The second kappa shape index (κ2) is 9.02. The molecule has 0 radical (unpaired) electrons. The Balaban J connectivity index is 2.01. The Morgan fingerprint density at radius 1 is 1.00 bits per heavy atom. The third kappa shape index (κ3) is 5.18. The van der Waals surface area contributed by atoms with Crippen LogP contribution >= 0.6 is 0 Å². The molecule has 0 saturated carbocycles. The van der Waals surface area contributed by atoms with E-state index in [1.54, 1.807) is 0 Å². The summed E-state index contributed by atoms with van der Waals surface area (Å²) in [4.78, 5) is 24.2. The van der Waals surface area contributed by atoms with Gasteiger partial charge >= 0.3 is 5.97 Å². The molecule has 2 aromatic rings. The molecular weight excluding hydrogens is 314 g/mol. The van der Waals surface area contributed by atoms with E-state index >= 15 is 0 Å². The molecule has 4 heteroatoms. The van der Waals surface area contributed by atoms with E-state index in [0.717, 1.165) is 23.1 Å². The van der Waals surface area contributed by atoms with Crippen molar-refractivity contribution in [1.82, 2.24) is 5.32 Å². The molecule has 0 spiro atoms. The van der Waals surface area contributed by atoms with Crippen LogP contribution in [0.4, 0.5) is 0 Å². The van der Waals surface area contributed by atoms with Crippen LogP contribution in [0.3, 0.4) is 0 Å². The molecule has 2 rings (SSSR count). The fourth-order valence-corrected chi connectivity index (χ4v) is 2.65. The van der Waals surface area contributed by atoms with Crippen molar-refractivity contribution in [3.8, 4) is 11.1 Å². The van der Waals surface area contributed by atoms with E-state index in [1.807, 2.05) is 56.3 Å². The second-order valence-electron chi connectivity index (χ2n) is 6.19. The summed E-state index contributed by atoms with van der Waals surface area (Å²) in [7, 11) is 1.34. The van der Waals surface area contributed by atoms with Crippen molar-refractivity contribution in [2.24, 2.45) is 5.92 Å². The molecule has 0 aliphatic carbocycles. The lowest BCUT2D eigenvalue weighted by atomic mass is 9.98. The molecule has 1 amide bonds. The van der Waals surface area contributed by atoms with Crippen LogP contribution in [0.25, 0.3) is 11.1 Å². The lowest BCUT2D eigenvalue weighted by molar-refractivity contribution is -0.146. The van der Waals surface area contributed by atoms with E-state index < -0.39 is 12.0 Å². The largest absolute Gasteiger partial charge is 0.467 e. The number of rotatable bonds is 7. The third-order valence-electron chi connectivity index (χ3n) is 4.41. The van der Waals surface area contributed by atoms with Gasteiger partial charge in [-0.1, -0.05) is 74.9 Å². The van der Waals surface area contributed by atoms with Crippen LogP contribution in [0, 0.1) is 5.92 Å². The van der Waals surface area contributed by atoms with E-state index in [4.69, 9.17) is 4.74 Å². The minimum absolute atomic E-state index is 0.0249. The topological polar surface area (TPSA) is 55.4 Å². The van der Waals surface area contributed by atoms with Crippen LogP contribution in [0.15, 0.2) is 54.6 Å². The molecule has 0 aliphatic rings. The molecule has 25 heavy (non-hydrogen) atoms. The predicted molar refractivity (Wildman–Crippen MR) is 99.0 cm³/mol. The minimum Gasteiger partial charge on any atom is -0.467 e. The number of carbonyl (C=O) groups is 2. The zero-order chi connectivity index (χ0) is 18.2. The zero-order valence-corrected chi connectivity index (χ0v) is 15.0. The summed E-state index contributed by atoms with van der Waals surface area (Å²) in [6.07, 6.45) is 1.02. The highest BCUT2D eigenvalue weighted by Crippen LogP contribution is 2.19. The lowest BCUT2D eigenvalue weighted by Crippen LogP contribution is -2.46. The van der Waals surface area contributed by atoms with Gasteiger partial charge in [-0.15, -0.1) is 0 Å². The third-order valence-corrected chi connectivity index (χ3v) is 4.41. The first-order valence-corrected chi connectivity index (χ1v) is 8.56. The van der Waals surface area contributed by atoms with Gasteiger partial charge in [-0.2, -0.15) is 0 Å². The van der Waals surface area contributed by atoms with Gasteiger partial charge in [0, 0.05) is 0 Å². The molecule has 1 N–H and O–H groups in total. The molecule has 0 aromatic heterocycles. The number of methoxy groups -OCH3 is 1. The Kier molecular flexibility index (Phi) is 6.75. The zero-order valence-electron chi connectivity index (χ0n) is 15.0. The van der Waals surface area contributed by atoms with Crippen molar-refractivity contribution in [2.45, 2.75) is 32.7 Å². The van der Waals surface area contributed by atoms with Gasteiger partial charge in [-0.25, -0.2) is 4.79 Å². The predicted octanol–water partition coefficient (Wildman–Crippen LogP) is 3.60. The number of esters is 1. The number of hydrogen-bond acceptors (Lipinski definition) is 3. The molecule has 2 unspecified atom stereocenters. The Labute approximate surface area is 149 Å². The Morgan fingerprint density at radius 2 is 1.60 bits per heavy atom. The van der Waals surface area contributed by atoms with Gasteiger partial charge in [0.1, 0.15) is 6.04 Å². The smallest absolute Gasteiger partial charge is 0.328 e. The molecular formula is C21H25NO3. The maximum Gasteiger partial charge on any atom is 0.328 e. The van der Waals surface area contributed by atoms with Crippen LogP contribution in [-0.2, 0) is 20.7 Å². The van der Waals surface area contributed by atoms with Crippen molar-refractivity contribution in [2.75, 3.05) is 7.11 Å². The summed E-state index contributed by atoms with van der Waals surface area (Å²) < 4.78 is 4.80. The molecule has 2 atom stereocenters. The van der Waals surface area contributed by atoms with Crippen LogP contribution in [0.1, 0.15) is 25.8 Å². The van der Waals surface area contributed by atoms with Gasteiger partial charge < -0.3 is 10.1 Å². The summed E-state index contributed by atoms with van der Waals surface area (Å²) in [5, 5.41) is 2.80. The summed E-state index contributed by atoms with van der Waals surface area (Å²) in [6.45, 7) is 3.91. The molecule has 4 nitrogen and oxygen atoms in total. The van der Waals surface area contributed by atoms with Crippen LogP contribution < -0.4 is 5.32 Å². The number of nitrogens with one attached hydrogen (secondary N) is 1. The average molecular weight is 339 g/mol. The summed E-state index contributed by atoms with van der Waals surface area (Å²) >= 11 is 0. The van der Waals surface area contributed by atoms with Gasteiger partial charge in [0.05, 0.1) is 13.5 Å². The standard InChI is InChI=1S/C21H25NO3/c1-4-15(2)20(21(24)25-3)22-19(23)14-16-10-12-18(13-11-16)17-8-6-5-7-9-17/h5-13,15,20H,4,14H2,1-3H3,(H,22,23). The van der Waals surface area contributed by atoms with Crippen LogP contribution in [0.2, 0.25) is 0 Å². The Morgan fingerprint density at radius 3 is 2.16 bits per heavy atom. The first kappa shape index (κ1) is 18.7. The summed E-state index contributed by atoms with van der Waals surface area (Å²) in [5.74, 6) is -0.554. The van der Waals surface area contributed by atoms with Crippen molar-refractivity contribution in [3.63, 3.8) is 0 Å². The molecule has 2 aromatic carbocycles. The highest BCUT2D eigenvalue weighted by molar-refractivity contribution is 5.85. The van der Waals surface area contributed by atoms with Crippen molar-refractivity contribution in [3.05, 3.63) is 60.2 Å². The first-order valence-electron chi connectivity index (χ1n) is 8.56. The first-order chi connectivity index (χ1) is 12.0. The van der Waals surface area contributed by atoms with E-state index in [0.29, 0.717) is 0 Å². The van der Waals surface area contributed by atoms with E-state index in [9.17, 15) is 9.59 Å². The minimum atomic E-state index is -0.605. The molecule has 0 heterocycles. The summed E-state index contributed by atoms with van der Waals surface area (Å²) in [6, 6.07) is 17.4. The fraction of sp³-hybridized carbons (Fsp3) is 0.333. The van der Waals surface area contributed by atoms with Crippen LogP contribution in [0.5, 0.6) is 0 Å². The molecule has 0 bridgehead atoms. The Bertz CT molecular complexity index is 695. The number of benzene rings is 2. The Hall–Kier alpha value is -2.62. The van der Waals surface area contributed by atoms with E-state index in [2.05, 4.69) is 17.4 Å². The van der Waals surface area contributed by atoms with Crippen molar-refractivity contribution >= 4 is 11.9 Å². The van der Waals surface area contributed by atoms with Gasteiger partial charge in [-0.3, -0.25) is 4.79 Å². The van der Waals surface area contributed by atoms with Gasteiger partial charge in [0.2, 0.25) is 5.91 Å².